The molecular formula is C17H20N2O3. The minimum absolute atomic E-state index is 0.0275. The predicted molar refractivity (Wildman–Crippen MR) is 84.0 cm³/mol. The third kappa shape index (κ3) is 5.44. The van der Waals surface area contributed by atoms with Crippen LogP contribution in [0.3, 0.4) is 0 Å². The van der Waals surface area contributed by atoms with Gasteiger partial charge < -0.3 is 15.1 Å². The van der Waals surface area contributed by atoms with Gasteiger partial charge in [-0.05, 0) is 30.2 Å². The normalized spacial score (nSPS) is 11.7. The molecule has 0 spiro atoms. The maximum Gasteiger partial charge on any atom is 0.224 e. The monoisotopic (exact) mass is 300 g/mol. The molecule has 0 saturated carbocycles. The Kier molecular flexibility index (Phi) is 5.77. The molecule has 5 nitrogen and oxygen atoms in total. The predicted octanol–water partition coefficient (Wildman–Crippen LogP) is 2.95. The van der Waals surface area contributed by atoms with Crippen molar-refractivity contribution in [2.45, 2.75) is 26.3 Å². The number of amides is 2. The van der Waals surface area contributed by atoms with Crippen molar-refractivity contribution in [3.05, 3.63) is 54.5 Å². The molecule has 0 bridgehead atoms. The van der Waals surface area contributed by atoms with Gasteiger partial charge in [-0.25, -0.2) is 0 Å². The number of benzene rings is 1. The molecular weight excluding hydrogens is 280 g/mol. The maximum absolute atomic E-state index is 11.9. The molecule has 5 heteroatoms. The third-order valence-corrected chi connectivity index (χ3v) is 3.17. The number of para-hydroxylation sites is 1. The lowest BCUT2D eigenvalue weighted by Gasteiger charge is -2.11. The van der Waals surface area contributed by atoms with Gasteiger partial charge in [-0.2, -0.15) is 0 Å². The summed E-state index contributed by atoms with van der Waals surface area (Å²) in [6, 6.07) is 12.9. The molecule has 0 unspecified atom stereocenters. The van der Waals surface area contributed by atoms with E-state index in [1.54, 1.807) is 18.4 Å². The average Bonchev–Trinajstić information content (AvgIpc) is 2.99. The fourth-order valence-corrected chi connectivity index (χ4v) is 2.11. The van der Waals surface area contributed by atoms with E-state index in [-0.39, 0.29) is 17.7 Å². The van der Waals surface area contributed by atoms with Gasteiger partial charge in [-0.15, -0.1) is 0 Å². The summed E-state index contributed by atoms with van der Waals surface area (Å²) in [5.41, 5.74) is 0.766. The molecule has 0 fully saturated rings. The van der Waals surface area contributed by atoms with E-state index < -0.39 is 0 Å². The summed E-state index contributed by atoms with van der Waals surface area (Å²) < 4.78 is 5.14. The summed E-state index contributed by atoms with van der Waals surface area (Å²) in [6.07, 6.45) is 2.18. The van der Waals surface area contributed by atoms with Gasteiger partial charge in [-0.3, -0.25) is 9.59 Å². The van der Waals surface area contributed by atoms with E-state index in [4.69, 9.17) is 4.42 Å². The van der Waals surface area contributed by atoms with Crippen molar-refractivity contribution in [2.24, 2.45) is 5.92 Å². The van der Waals surface area contributed by atoms with E-state index in [1.165, 1.54) is 0 Å². The zero-order valence-electron chi connectivity index (χ0n) is 12.5. The van der Waals surface area contributed by atoms with E-state index in [0.717, 1.165) is 5.69 Å². The van der Waals surface area contributed by atoms with E-state index >= 15 is 0 Å². The first-order chi connectivity index (χ1) is 10.6. The third-order valence-electron chi connectivity index (χ3n) is 3.17. The molecule has 1 aromatic carbocycles. The molecule has 0 aliphatic rings. The van der Waals surface area contributed by atoms with Gasteiger partial charge >= 0.3 is 0 Å². The molecule has 0 aliphatic heterocycles. The number of hydrogen-bond acceptors (Lipinski definition) is 3. The SMILES string of the molecule is C[C@@H](CC(=O)NCc1ccco1)CC(=O)Nc1ccccc1. The minimum atomic E-state index is -0.0867. The molecule has 116 valence electrons. The molecule has 0 aliphatic carbocycles. The molecule has 2 N–H and O–H groups in total. The molecule has 1 atom stereocenters. The summed E-state index contributed by atoms with van der Waals surface area (Å²) in [6.45, 7) is 2.26. The molecule has 2 aromatic rings. The Balaban J connectivity index is 1.69. The smallest absolute Gasteiger partial charge is 0.224 e. The number of hydrogen-bond donors (Lipinski definition) is 2. The Labute approximate surface area is 129 Å². The fourth-order valence-electron chi connectivity index (χ4n) is 2.11. The van der Waals surface area contributed by atoms with Gasteiger partial charge in [-0.1, -0.05) is 25.1 Å². The van der Waals surface area contributed by atoms with Crippen LogP contribution in [0.5, 0.6) is 0 Å². The zero-order chi connectivity index (χ0) is 15.8. The molecule has 1 heterocycles. The van der Waals surface area contributed by atoms with Gasteiger partial charge in [0.05, 0.1) is 12.8 Å². The topological polar surface area (TPSA) is 71.3 Å². The van der Waals surface area contributed by atoms with E-state index in [0.29, 0.717) is 25.1 Å². The molecule has 0 radical (unpaired) electrons. The van der Waals surface area contributed by atoms with Crippen LogP contribution in [0.15, 0.2) is 53.1 Å². The highest BCUT2D eigenvalue weighted by atomic mass is 16.3. The van der Waals surface area contributed by atoms with Crippen LogP contribution >= 0.6 is 0 Å². The Morgan fingerprint density at radius 3 is 2.45 bits per heavy atom. The number of furan rings is 1. The van der Waals surface area contributed by atoms with Crippen molar-refractivity contribution in [2.75, 3.05) is 5.32 Å². The quantitative estimate of drug-likeness (QED) is 0.826. The van der Waals surface area contributed by atoms with Crippen molar-refractivity contribution in [1.82, 2.24) is 5.32 Å². The summed E-state index contributed by atoms with van der Waals surface area (Å²) in [4.78, 5) is 23.7. The molecule has 0 saturated heterocycles. The van der Waals surface area contributed by atoms with Crippen LogP contribution in [0.25, 0.3) is 0 Å². The van der Waals surface area contributed by atoms with E-state index in [9.17, 15) is 9.59 Å². The highest BCUT2D eigenvalue weighted by Gasteiger charge is 2.13. The molecule has 22 heavy (non-hydrogen) atoms. The first-order valence-electron chi connectivity index (χ1n) is 7.27. The first kappa shape index (κ1) is 15.8. The van der Waals surface area contributed by atoms with Gasteiger partial charge in [0.2, 0.25) is 11.8 Å². The number of carbonyl (C=O) groups excluding carboxylic acids is 2. The van der Waals surface area contributed by atoms with E-state index in [1.807, 2.05) is 37.3 Å². The van der Waals surface area contributed by atoms with Gasteiger partial charge in [0.1, 0.15) is 5.76 Å². The lowest BCUT2D eigenvalue weighted by molar-refractivity contribution is -0.122. The van der Waals surface area contributed by atoms with E-state index in [2.05, 4.69) is 10.6 Å². The van der Waals surface area contributed by atoms with Gasteiger partial charge in [0, 0.05) is 18.5 Å². The highest BCUT2D eigenvalue weighted by Crippen LogP contribution is 2.11. The van der Waals surface area contributed by atoms with Crippen LogP contribution in [0, 0.1) is 5.92 Å². The largest absolute Gasteiger partial charge is 0.467 e. The van der Waals surface area contributed by atoms with Crippen LogP contribution in [-0.4, -0.2) is 11.8 Å². The Morgan fingerprint density at radius 2 is 1.77 bits per heavy atom. The lowest BCUT2D eigenvalue weighted by Crippen LogP contribution is -2.25. The molecule has 2 rings (SSSR count). The summed E-state index contributed by atoms with van der Waals surface area (Å²) >= 11 is 0. The van der Waals surface area contributed by atoms with Crippen molar-refractivity contribution in [1.29, 1.82) is 0 Å². The second-order valence-corrected chi connectivity index (χ2v) is 5.28. The number of nitrogens with one attached hydrogen (secondary N) is 2. The first-order valence-corrected chi connectivity index (χ1v) is 7.27. The van der Waals surface area contributed by atoms with Crippen LogP contribution in [0.4, 0.5) is 5.69 Å². The van der Waals surface area contributed by atoms with Crippen molar-refractivity contribution in [3.63, 3.8) is 0 Å². The Morgan fingerprint density at radius 1 is 1.05 bits per heavy atom. The van der Waals surface area contributed by atoms with Crippen LogP contribution in [0.2, 0.25) is 0 Å². The zero-order valence-corrected chi connectivity index (χ0v) is 12.5. The second-order valence-electron chi connectivity index (χ2n) is 5.28. The Bertz CT molecular complexity index is 594. The van der Waals surface area contributed by atoms with Crippen molar-refractivity contribution >= 4 is 17.5 Å². The van der Waals surface area contributed by atoms with Gasteiger partial charge in [0.25, 0.3) is 0 Å². The van der Waals surface area contributed by atoms with Crippen molar-refractivity contribution in [3.8, 4) is 0 Å². The average molecular weight is 300 g/mol. The summed E-state index contributed by atoms with van der Waals surface area (Å²) in [7, 11) is 0. The molecule has 1 aromatic heterocycles. The number of rotatable bonds is 7. The highest BCUT2D eigenvalue weighted by molar-refractivity contribution is 5.91. The van der Waals surface area contributed by atoms with Crippen molar-refractivity contribution < 1.29 is 14.0 Å². The van der Waals surface area contributed by atoms with Gasteiger partial charge in [0.15, 0.2) is 0 Å². The van der Waals surface area contributed by atoms with Crippen LogP contribution < -0.4 is 10.6 Å². The summed E-state index contributed by atoms with van der Waals surface area (Å²) in [5.74, 6) is 0.511. The lowest BCUT2D eigenvalue weighted by atomic mass is 10.0. The van der Waals surface area contributed by atoms with Crippen LogP contribution in [0.1, 0.15) is 25.5 Å². The minimum Gasteiger partial charge on any atom is -0.467 e. The standard InChI is InChI=1S/C17H20N2O3/c1-13(10-16(20)18-12-15-8-5-9-22-15)11-17(21)19-14-6-3-2-4-7-14/h2-9,13H,10-12H2,1H3,(H,18,20)(H,19,21)/t13-/m0/s1. The second kappa shape index (κ2) is 8.02. The maximum atomic E-state index is 11.9. The Hall–Kier alpha value is -2.56. The molecule has 2 amide bonds. The number of anilines is 1. The summed E-state index contributed by atoms with van der Waals surface area (Å²) in [5, 5.41) is 5.59. The number of carbonyl (C=O) groups is 2. The van der Waals surface area contributed by atoms with Crippen LogP contribution in [-0.2, 0) is 16.1 Å². The fraction of sp³-hybridized carbons (Fsp3) is 0.294.